The van der Waals surface area contributed by atoms with Crippen molar-refractivity contribution < 1.29 is 14.3 Å². The first-order chi connectivity index (χ1) is 13.0. The second-order valence-electron chi connectivity index (χ2n) is 6.99. The van der Waals surface area contributed by atoms with E-state index in [1.165, 1.54) is 0 Å². The van der Waals surface area contributed by atoms with Crippen molar-refractivity contribution in [1.29, 1.82) is 0 Å². The summed E-state index contributed by atoms with van der Waals surface area (Å²) in [6, 6.07) is 15.0. The molecule has 5 nitrogen and oxygen atoms in total. The van der Waals surface area contributed by atoms with E-state index in [4.69, 9.17) is 4.74 Å². The maximum atomic E-state index is 12.3. The Morgan fingerprint density at radius 2 is 1.67 bits per heavy atom. The lowest BCUT2D eigenvalue weighted by Crippen LogP contribution is -2.35. The van der Waals surface area contributed by atoms with Gasteiger partial charge in [-0.1, -0.05) is 29.8 Å². The van der Waals surface area contributed by atoms with Crippen LogP contribution in [0.2, 0.25) is 0 Å². The molecule has 0 saturated carbocycles. The van der Waals surface area contributed by atoms with E-state index in [0.29, 0.717) is 17.9 Å². The number of amides is 2. The average Bonchev–Trinajstić information content (AvgIpc) is 3.22. The Morgan fingerprint density at radius 1 is 1.04 bits per heavy atom. The smallest absolute Gasteiger partial charge is 0.261 e. The lowest BCUT2D eigenvalue weighted by molar-refractivity contribution is -0.127. The minimum atomic E-state index is -0.580. The summed E-state index contributed by atoms with van der Waals surface area (Å²) in [6.07, 6.45) is 1.58. The van der Waals surface area contributed by atoms with Crippen LogP contribution in [-0.2, 0) is 11.3 Å². The molecular weight excluding hydrogens is 340 g/mol. The van der Waals surface area contributed by atoms with Gasteiger partial charge in [-0.25, -0.2) is 0 Å². The number of rotatable bonds is 6. The van der Waals surface area contributed by atoms with Gasteiger partial charge in [0, 0.05) is 25.2 Å². The molecule has 1 atom stereocenters. The van der Waals surface area contributed by atoms with Gasteiger partial charge in [-0.3, -0.25) is 9.59 Å². The number of carbonyl (C=O) groups is 2. The average molecular weight is 366 g/mol. The first-order valence-corrected chi connectivity index (χ1v) is 9.42. The molecule has 1 aliphatic heterocycles. The normalized spacial score (nSPS) is 14.7. The van der Waals surface area contributed by atoms with Gasteiger partial charge in [-0.15, -0.1) is 0 Å². The minimum absolute atomic E-state index is 0.0863. The monoisotopic (exact) mass is 366 g/mol. The first kappa shape index (κ1) is 19.0. The third kappa shape index (κ3) is 5.09. The number of carbonyl (C=O) groups excluding carboxylic acids is 2. The van der Waals surface area contributed by atoms with E-state index in [2.05, 4.69) is 5.32 Å². The second-order valence-corrected chi connectivity index (χ2v) is 6.99. The second kappa shape index (κ2) is 8.71. The van der Waals surface area contributed by atoms with Crippen LogP contribution in [0.15, 0.2) is 48.5 Å². The minimum Gasteiger partial charge on any atom is -0.481 e. The van der Waals surface area contributed by atoms with E-state index in [1.54, 1.807) is 6.92 Å². The van der Waals surface area contributed by atoms with Crippen LogP contribution in [0.5, 0.6) is 5.75 Å². The van der Waals surface area contributed by atoms with Crippen LogP contribution in [0.1, 0.15) is 41.3 Å². The predicted octanol–water partition coefficient (Wildman–Crippen LogP) is 3.31. The molecule has 2 amide bonds. The Hall–Kier alpha value is -2.82. The number of hydrogen-bond donors (Lipinski definition) is 1. The molecule has 0 aromatic heterocycles. The zero-order valence-electron chi connectivity index (χ0n) is 15.9. The van der Waals surface area contributed by atoms with Gasteiger partial charge >= 0.3 is 0 Å². The van der Waals surface area contributed by atoms with Crippen LogP contribution in [0, 0.1) is 6.92 Å². The molecule has 1 heterocycles. The summed E-state index contributed by atoms with van der Waals surface area (Å²) in [5.74, 6) is 0.587. The van der Waals surface area contributed by atoms with Crippen molar-refractivity contribution in [3.63, 3.8) is 0 Å². The number of benzene rings is 2. The summed E-state index contributed by atoms with van der Waals surface area (Å²) < 4.78 is 5.66. The Balaban J connectivity index is 1.49. The largest absolute Gasteiger partial charge is 0.481 e. The van der Waals surface area contributed by atoms with Gasteiger partial charge in [0.1, 0.15) is 5.75 Å². The van der Waals surface area contributed by atoms with Gasteiger partial charge in [0.15, 0.2) is 6.10 Å². The molecule has 0 radical (unpaired) electrons. The Bertz CT molecular complexity index is 778. The highest BCUT2D eigenvalue weighted by molar-refractivity contribution is 5.94. The zero-order chi connectivity index (χ0) is 19.2. The van der Waals surface area contributed by atoms with Gasteiger partial charge in [-0.05, 0) is 56.5 Å². The Kier molecular flexibility index (Phi) is 6.12. The lowest BCUT2D eigenvalue weighted by Gasteiger charge is -2.16. The van der Waals surface area contributed by atoms with E-state index in [-0.39, 0.29) is 11.8 Å². The fourth-order valence-electron chi connectivity index (χ4n) is 3.08. The molecule has 1 N–H and O–H groups in total. The Labute approximate surface area is 160 Å². The van der Waals surface area contributed by atoms with Crippen LogP contribution >= 0.6 is 0 Å². The zero-order valence-corrected chi connectivity index (χ0v) is 15.9. The number of nitrogens with zero attached hydrogens (tertiary/aromatic N) is 1. The van der Waals surface area contributed by atoms with E-state index < -0.39 is 6.10 Å². The SMILES string of the molecule is Cc1ccc(O[C@@H](C)C(=O)NCc2ccc(C(=O)N3CCCC3)cc2)cc1. The standard InChI is InChI=1S/C22H26N2O3/c1-16-5-11-20(12-6-16)27-17(2)21(25)23-15-18-7-9-19(10-8-18)22(26)24-13-3-4-14-24/h5-12,17H,3-4,13-15H2,1-2H3,(H,23,25)/t17-/m0/s1. The van der Waals surface area contributed by atoms with E-state index in [9.17, 15) is 9.59 Å². The molecular formula is C22H26N2O3. The van der Waals surface area contributed by atoms with E-state index >= 15 is 0 Å². The van der Waals surface area contributed by atoms with Crippen molar-refractivity contribution >= 4 is 11.8 Å². The molecule has 3 rings (SSSR count). The van der Waals surface area contributed by atoms with Gasteiger partial charge in [0.2, 0.25) is 0 Å². The number of aryl methyl sites for hydroxylation is 1. The van der Waals surface area contributed by atoms with Gasteiger partial charge in [0.05, 0.1) is 0 Å². The molecule has 1 saturated heterocycles. The first-order valence-electron chi connectivity index (χ1n) is 9.42. The van der Waals surface area contributed by atoms with Crippen molar-refractivity contribution in [2.24, 2.45) is 0 Å². The summed E-state index contributed by atoms with van der Waals surface area (Å²) in [4.78, 5) is 26.5. The van der Waals surface area contributed by atoms with E-state index in [0.717, 1.165) is 37.1 Å². The molecule has 2 aromatic carbocycles. The summed E-state index contributed by atoms with van der Waals surface area (Å²) >= 11 is 0. The quantitative estimate of drug-likeness (QED) is 0.853. The highest BCUT2D eigenvalue weighted by atomic mass is 16.5. The molecule has 0 aliphatic carbocycles. The topological polar surface area (TPSA) is 58.6 Å². The van der Waals surface area contributed by atoms with Gasteiger partial charge < -0.3 is 15.0 Å². The number of nitrogens with one attached hydrogen (secondary N) is 1. The van der Waals surface area contributed by atoms with Crippen molar-refractivity contribution in [2.45, 2.75) is 39.3 Å². The molecule has 27 heavy (non-hydrogen) atoms. The number of ether oxygens (including phenoxy) is 1. The lowest BCUT2D eigenvalue weighted by atomic mass is 10.1. The highest BCUT2D eigenvalue weighted by Gasteiger charge is 2.19. The summed E-state index contributed by atoms with van der Waals surface area (Å²) in [7, 11) is 0. The van der Waals surface area contributed by atoms with Crippen LogP contribution in [0.25, 0.3) is 0 Å². The van der Waals surface area contributed by atoms with Crippen molar-refractivity contribution in [1.82, 2.24) is 10.2 Å². The molecule has 5 heteroatoms. The molecule has 142 valence electrons. The fraction of sp³-hybridized carbons (Fsp3) is 0.364. The van der Waals surface area contributed by atoms with Crippen molar-refractivity contribution in [3.05, 3.63) is 65.2 Å². The number of likely N-dealkylation sites (tertiary alicyclic amines) is 1. The molecule has 1 fully saturated rings. The molecule has 0 unspecified atom stereocenters. The van der Waals surface area contributed by atoms with Crippen molar-refractivity contribution in [2.75, 3.05) is 13.1 Å². The fourth-order valence-corrected chi connectivity index (χ4v) is 3.08. The third-order valence-electron chi connectivity index (χ3n) is 4.76. The number of hydrogen-bond acceptors (Lipinski definition) is 3. The van der Waals surface area contributed by atoms with Crippen LogP contribution in [-0.4, -0.2) is 35.9 Å². The molecule has 2 aromatic rings. The maximum absolute atomic E-state index is 12.3. The highest BCUT2D eigenvalue weighted by Crippen LogP contribution is 2.15. The predicted molar refractivity (Wildman–Crippen MR) is 105 cm³/mol. The summed E-state index contributed by atoms with van der Waals surface area (Å²) in [5.41, 5.74) is 2.79. The van der Waals surface area contributed by atoms with Crippen LogP contribution in [0.4, 0.5) is 0 Å². The summed E-state index contributed by atoms with van der Waals surface area (Å²) in [6.45, 7) is 5.82. The van der Waals surface area contributed by atoms with Gasteiger partial charge in [-0.2, -0.15) is 0 Å². The Morgan fingerprint density at radius 3 is 2.30 bits per heavy atom. The van der Waals surface area contributed by atoms with E-state index in [1.807, 2.05) is 60.4 Å². The summed E-state index contributed by atoms with van der Waals surface area (Å²) in [5, 5.41) is 2.87. The molecule has 0 bridgehead atoms. The van der Waals surface area contributed by atoms with Crippen molar-refractivity contribution in [3.8, 4) is 5.75 Å². The molecule has 0 spiro atoms. The third-order valence-corrected chi connectivity index (χ3v) is 4.76. The molecule has 1 aliphatic rings. The maximum Gasteiger partial charge on any atom is 0.261 e. The van der Waals surface area contributed by atoms with Gasteiger partial charge in [0.25, 0.3) is 11.8 Å². The van der Waals surface area contributed by atoms with Crippen LogP contribution < -0.4 is 10.1 Å². The van der Waals surface area contributed by atoms with Crippen LogP contribution in [0.3, 0.4) is 0 Å².